The third-order valence-electron chi connectivity index (χ3n) is 3.20. The summed E-state index contributed by atoms with van der Waals surface area (Å²) in [6, 6.07) is 6.96. The van der Waals surface area contributed by atoms with Crippen LogP contribution in [0.25, 0.3) is 11.3 Å². The van der Waals surface area contributed by atoms with Crippen molar-refractivity contribution in [3.05, 3.63) is 41.9 Å². The van der Waals surface area contributed by atoms with E-state index >= 15 is 0 Å². The molecule has 0 radical (unpaired) electrons. The normalized spacial score (nSPS) is 11.9. The maximum Gasteiger partial charge on any atom is 0.325 e. The number of nitrogens with zero attached hydrogens (tertiary/aromatic N) is 1. The molecule has 1 atom stereocenters. The van der Waals surface area contributed by atoms with Gasteiger partial charge in [0.15, 0.2) is 11.7 Å². The number of carbonyl (C=O) groups excluding carboxylic acids is 1. The molecule has 0 aliphatic heterocycles. The highest BCUT2D eigenvalue weighted by molar-refractivity contribution is 5.83. The molecule has 1 aromatic heterocycles. The standard InChI is InChI=1S/C16H18N2O4/c1-10-3-5-12(6-4-10)13-9-17-15(22-13)8-7-14(19)18-11(2)16(20)21/h3-6,9,11H,7-8H2,1-2H3,(H,18,19)(H,20,21)/t11-/m0/s1. The van der Waals surface area contributed by atoms with Gasteiger partial charge in [0.2, 0.25) is 5.91 Å². The molecular formula is C16H18N2O4. The number of nitrogens with one attached hydrogen (secondary N) is 1. The molecule has 22 heavy (non-hydrogen) atoms. The molecule has 0 fully saturated rings. The molecule has 0 aliphatic carbocycles. The Morgan fingerprint density at radius 1 is 1.32 bits per heavy atom. The van der Waals surface area contributed by atoms with Crippen molar-refractivity contribution in [1.29, 1.82) is 0 Å². The van der Waals surface area contributed by atoms with Crippen molar-refractivity contribution in [3.63, 3.8) is 0 Å². The predicted octanol–water partition coefficient (Wildman–Crippen LogP) is 2.17. The number of carboxylic acid groups (broad SMARTS) is 1. The van der Waals surface area contributed by atoms with Gasteiger partial charge in [-0.2, -0.15) is 0 Å². The molecular weight excluding hydrogens is 284 g/mol. The molecule has 2 aromatic rings. The van der Waals surface area contributed by atoms with Gasteiger partial charge < -0.3 is 14.8 Å². The SMILES string of the molecule is Cc1ccc(-c2cnc(CCC(=O)N[C@@H](C)C(=O)O)o2)cc1. The van der Waals surface area contributed by atoms with E-state index < -0.39 is 12.0 Å². The molecule has 116 valence electrons. The van der Waals surface area contributed by atoms with Crippen LogP contribution in [0.15, 0.2) is 34.9 Å². The van der Waals surface area contributed by atoms with Crippen LogP contribution in [0.1, 0.15) is 24.8 Å². The van der Waals surface area contributed by atoms with Gasteiger partial charge in [-0.3, -0.25) is 9.59 Å². The molecule has 0 bridgehead atoms. The summed E-state index contributed by atoms with van der Waals surface area (Å²) in [5.41, 5.74) is 2.08. The van der Waals surface area contributed by atoms with Crippen molar-refractivity contribution in [2.75, 3.05) is 0 Å². The molecule has 1 amide bonds. The molecule has 2 rings (SSSR count). The summed E-state index contributed by atoms with van der Waals surface area (Å²) in [6.45, 7) is 3.42. The molecule has 6 nitrogen and oxygen atoms in total. The number of aryl methyl sites for hydroxylation is 2. The van der Waals surface area contributed by atoms with Crippen LogP contribution < -0.4 is 5.32 Å². The summed E-state index contributed by atoms with van der Waals surface area (Å²) in [6.07, 6.45) is 2.08. The highest BCUT2D eigenvalue weighted by Crippen LogP contribution is 2.21. The van der Waals surface area contributed by atoms with Crippen LogP contribution in [-0.4, -0.2) is 28.0 Å². The lowest BCUT2D eigenvalue weighted by Crippen LogP contribution is -2.38. The second-order valence-corrected chi connectivity index (χ2v) is 5.11. The Balaban J connectivity index is 1.91. The number of rotatable bonds is 6. The summed E-state index contributed by atoms with van der Waals surface area (Å²) < 4.78 is 5.60. The minimum atomic E-state index is -1.06. The zero-order valence-corrected chi connectivity index (χ0v) is 12.5. The first-order valence-corrected chi connectivity index (χ1v) is 6.99. The number of aliphatic carboxylic acids is 1. The van der Waals surface area contributed by atoms with Gasteiger partial charge in [0.1, 0.15) is 6.04 Å². The fraction of sp³-hybridized carbons (Fsp3) is 0.312. The number of amides is 1. The van der Waals surface area contributed by atoms with Crippen LogP contribution in [0.5, 0.6) is 0 Å². The van der Waals surface area contributed by atoms with E-state index in [1.54, 1.807) is 6.20 Å². The lowest BCUT2D eigenvalue weighted by molar-refractivity contribution is -0.141. The molecule has 0 unspecified atom stereocenters. The Bertz CT molecular complexity index is 661. The smallest absolute Gasteiger partial charge is 0.325 e. The quantitative estimate of drug-likeness (QED) is 0.853. The van der Waals surface area contributed by atoms with E-state index in [0.717, 1.165) is 11.1 Å². The van der Waals surface area contributed by atoms with Gasteiger partial charge in [-0.25, -0.2) is 4.98 Å². The van der Waals surface area contributed by atoms with Crippen molar-refractivity contribution in [3.8, 4) is 11.3 Å². The number of oxazole rings is 1. The second kappa shape index (κ2) is 6.89. The summed E-state index contributed by atoms with van der Waals surface area (Å²) in [4.78, 5) is 26.4. The van der Waals surface area contributed by atoms with Gasteiger partial charge in [-0.05, 0) is 13.8 Å². The van der Waals surface area contributed by atoms with Gasteiger partial charge >= 0.3 is 5.97 Å². The number of benzene rings is 1. The molecule has 1 heterocycles. The van der Waals surface area contributed by atoms with Crippen molar-refractivity contribution in [1.82, 2.24) is 10.3 Å². The Morgan fingerprint density at radius 3 is 2.64 bits per heavy atom. The number of aromatic nitrogens is 1. The van der Waals surface area contributed by atoms with Crippen LogP contribution in [-0.2, 0) is 16.0 Å². The van der Waals surface area contributed by atoms with E-state index in [-0.39, 0.29) is 12.3 Å². The van der Waals surface area contributed by atoms with E-state index in [2.05, 4.69) is 10.3 Å². The topological polar surface area (TPSA) is 92.4 Å². The van der Waals surface area contributed by atoms with Crippen LogP contribution in [0.2, 0.25) is 0 Å². The largest absolute Gasteiger partial charge is 0.480 e. The van der Waals surface area contributed by atoms with Gasteiger partial charge in [-0.15, -0.1) is 0 Å². The highest BCUT2D eigenvalue weighted by atomic mass is 16.4. The van der Waals surface area contributed by atoms with Crippen molar-refractivity contribution < 1.29 is 19.1 Å². The second-order valence-electron chi connectivity index (χ2n) is 5.11. The van der Waals surface area contributed by atoms with Crippen LogP contribution in [0.3, 0.4) is 0 Å². The summed E-state index contributed by atoms with van der Waals surface area (Å²) >= 11 is 0. The third-order valence-corrected chi connectivity index (χ3v) is 3.20. The Hall–Kier alpha value is -2.63. The van der Waals surface area contributed by atoms with E-state index in [4.69, 9.17) is 9.52 Å². The van der Waals surface area contributed by atoms with Gasteiger partial charge in [0, 0.05) is 18.4 Å². The summed E-state index contributed by atoms with van der Waals surface area (Å²) in [5, 5.41) is 11.1. The molecule has 1 aromatic carbocycles. The first kappa shape index (κ1) is 15.8. The molecule has 0 saturated heterocycles. The van der Waals surface area contributed by atoms with Crippen LogP contribution >= 0.6 is 0 Å². The first-order chi connectivity index (χ1) is 10.5. The average Bonchev–Trinajstić information content (AvgIpc) is 2.94. The average molecular weight is 302 g/mol. The molecule has 2 N–H and O–H groups in total. The molecule has 0 spiro atoms. The predicted molar refractivity (Wildman–Crippen MR) is 80.2 cm³/mol. The summed E-state index contributed by atoms with van der Waals surface area (Å²) in [5.74, 6) is -0.306. The fourth-order valence-corrected chi connectivity index (χ4v) is 1.87. The number of hydrogen-bond donors (Lipinski definition) is 2. The molecule has 6 heteroatoms. The van der Waals surface area contributed by atoms with Crippen LogP contribution in [0, 0.1) is 6.92 Å². The van der Waals surface area contributed by atoms with Gasteiger partial charge in [0.05, 0.1) is 6.20 Å². The highest BCUT2D eigenvalue weighted by Gasteiger charge is 2.14. The van der Waals surface area contributed by atoms with Gasteiger partial charge in [-0.1, -0.05) is 29.8 Å². The lowest BCUT2D eigenvalue weighted by Gasteiger charge is -2.07. The van der Waals surface area contributed by atoms with Crippen molar-refractivity contribution in [2.24, 2.45) is 0 Å². The lowest BCUT2D eigenvalue weighted by atomic mass is 10.1. The Morgan fingerprint density at radius 2 is 2.00 bits per heavy atom. The number of carboxylic acids is 1. The van der Waals surface area contributed by atoms with Crippen LogP contribution in [0.4, 0.5) is 0 Å². The number of carbonyl (C=O) groups is 2. The van der Waals surface area contributed by atoms with E-state index in [0.29, 0.717) is 18.1 Å². The van der Waals surface area contributed by atoms with Gasteiger partial charge in [0.25, 0.3) is 0 Å². The monoisotopic (exact) mass is 302 g/mol. The molecule has 0 aliphatic rings. The maximum absolute atomic E-state index is 11.6. The zero-order valence-electron chi connectivity index (χ0n) is 12.5. The first-order valence-electron chi connectivity index (χ1n) is 6.99. The van der Waals surface area contributed by atoms with E-state index in [9.17, 15) is 9.59 Å². The van der Waals surface area contributed by atoms with E-state index in [1.165, 1.54) is 6.92 Å². The minimum absolute atomic E-state index is 0.130. The van der Waals surface area contributed by atoms with Crippen molar-refractivity contribution >= 4 is 11.9 Å². The number of hydrogen-bond acceptors (Lipinski definition) is 4. The maximum atomic E-state index is 11.6. The van der Waals surface area contributed by atoms with Crippen molar-refractivity contribution in [2.45, 2.75) is 32.7 Å². The molecule has 0 saturated carbocycles. The Labute approximate surface area is 128 Å². The Kier molecular flexibility index (Phi) is 4.93. The third kappa shape index (κ3) is 4.18. The van der Waals surface area contributed by atoms with E-state index in [1.807, 2.05) is 31.2 Å². The minimum Gasteiger partial charge on any atom is -0.480 e. The zero-order chi connectivity index (χ0) is 16.1. The summed E-state index contributed by atoms with van der Waals surface area (Å²) in [7, 11) is 0. The fourth-order valence-electron chi connectivity index (χ4n) is 1.87.